The Morgan fingerprint density at radius 1 is 1.37 bits per heavy atom. The number of anilines is 1. The van der Waals surface area contributed by atoms with Crippen LogP contribution in [0.4, 0.5) is 5.13 Å². The Hall–Kier alpha value is -0.650. The van der Waals surface area contributed by atoms with Crippen LogP contribution in [0.3, 0.4) is 0 Å². The highest BCUT2D eigenvalue weighted by Gasteiger charge is 2.15. The molecule has 0 atom stereocenters. The summed E-state index contributed by atoms with van der Waals surface area (Å²) in [5, 5.41) is 6.60. The number of hydrogen-bond acceptors (Lipinski definition) is 5. The third-order valence-corrected chi connectivity index (χ3v) is 3.69. The molecule has 1 N–H and O–H groups in total. The van der Waals surface area contributed by atoms with Crippen LogP contribution in [-0.2, 0) is 11.3 Å². The zero-order chi connectivity index (χ0) is 14.3. The summed E-state index contributed by atoms with van der Waals surface area (Å²) in [6.07, 6.45) is 0. The fraction of sp³-hybridized carbons (Fsp3) is 0.786. The van der Waals surface area contributed by atoms with Crippen molar-refractivity contribution in [3.05, 3.63) is 11.1 Å². The van der Waals surface area contributed by atoms with E-state index < -0.39 is 0 Å². The van der Waals surface area contributed by atoms with E-state index in [4.69, 9.17) is 9.72 Å². The maximum Gasteiger partial charge on any atom is 0.185 e. The van der Waals surface area contributed by atoms with Gasteiger partial charge in [0.15, 0.2) is 5.13 Å². The number of ether oxygens (including phenoxy) is 1. The van der Waals surface area contributed by atoms with Crippen LogP contribution in [0.15, 0.2) is 5.38 Å². The quantitative estimate of drug-likeness (QED) is 0.708. The number of aromatic nitrogens is 1. The third kappa shape index (κ3) is 5.89. The molecule has 0 aromatic carbocycles. The Morgan fingerprint density at radius 3 is 2.68 bits per heavy atom. The highest BCUT2D eigenvalue weighted by molar-refractivity contribution is 7.13. The molecule has 0 saturated carbocycles. The van der Waals surface area contributed by atoms with Gasteiger partial charge in [0.05, 0.1) is 12.3 Å². The van der Waals surface area contributed by atoms with Crippen LogP contribution in [0, 0.1) is 5.92 Å². The molecule has 1 rings (SSSR count). The van der Waals surface area contributed by atoms with Gasteiger partial charge in [-0.05, 0) is 19.8 Å². The summed E-state index contributed by atoms with van der Waals surface area (Å²) in [7, 11) is 1.72. The largest absolute Gasteiger partial charge is 0.383 e. The Balaban J connectivity index is 2.55. The maximum atomic E-state index is 5.01. The first kappa shape index (κ1) is 16.4. The maximum absolute atomic E-state index is 5.01. The van der Waals surface area contributed by atoms with E-state index in [1.807, 2.05) is 0 Å². The molecule has 0 aliphatic rings. The lowest BCUT2D eigenvalue weighted by molar-refractivity contribution is 0.199. The molecule has 1 aromatic rings. The number of hydrogen-bond donors (Lipinski definition) is 1. The van der Waals surface area contributed by atoms with Crippen molar-refractivity contribution >= 4 is 16.5 Å². The molecule has 1 heterocycles. The molecule has 19 heavy (non-hydrogen) atoms. The fourth-order valence-electron chi connectivity index (χ4n) is 1.80. The van der Waals surface area contributed by atoms with E-state index in [0.717, 1.165) is 37.1 Å². The number of thiazole rings is 1. The number of nitrogens with one attached hydrogen (secondary N) is 1. The van der Waals surface area contributed by atoms with Gasteiger partial charge < -0.3 is 15.0 Å². The predicted octanol–water partition coefficient (Wildman–Crippen LogP) is 2.75. The summed E-state index contributed by atoms with van der Waals surface area (Å²) in [6, 6.07) is 0.489. The van der Waals surface area contributed by atoms with Gasteiger partial charge >= 0.3 is 0 Å². The van der Waals surface area contributed by atoms with E-state index in [9.17, 15) is 0 Å². The van der Waals surface area contributed by atoms with Crippen molar-refractivity contribution in [3.8, 4) is 0 Å². The molecule has 4 nitrogen and oxygen atoms in total. The molecule has 0 bridgehead atoms. The zero-order valence-electron chi connectivity index (χ0n) is 12.8. The molecule has 0 amide bonds. The highest BCUT2D eigenvalue weighted by atomic mass is 32.1. The lowest BCUT2D eigenvalue weighted by Crippen LogP contribution is -2.34. The van der Waals surface area contributed by atoms with Crippen LogP contribution in [-0.4, -0.2) is 37.8 Å². The van der Waals surface area contributed by atoms with E-state index in [-0.39, 0.29) is 0 Å². The van der Waals surface area contributed by atoms with Crippen LogP contribution in [0.1, 0.15) is 33.4 Å². The minimum absolute atomic E-state index is 0.489. The van der Waals surface area contributed by atoms with E-state index >= 15 is 0 Å². The molecule has 0 unspecified atom stereocenters. The van der Waals surface area contributed by atoms with E-state index in [2.05, 4.69) is 43.3 Å². The van der Waals surface area contributed by atoms with E-state index in [0.29, 0.717) is 12.0 Å². The predicted molar refractivity (Wildman–Crippen MR) is 83.0 cm³/mol. The van der Waals surface area contributed by atoms with E-state index in [1.165, 1.54) is 0 Å². The van der Waals surface area contributed by atoms with Gasteiger partial charge in [-0.1, -0.05) is 13.8 Å². The van der Waals surface area contributed by atoms with Crippen LogP contribution in [0.5, 0.6) is 0 Å². The smallest absolute Gasteiger partial charge is 0.185 e. The topological polar surface area (TPSA) is 37.4 Å². The van der Waals surface area contributed by atoms with Gasteiger partial charge in [-0.3, -0.25) is 0 Å². The van der Waals surface area contributed by atoms with Crippen molar-refractivity contribution in [2.45, 2.75) is 40.3 Å². The first-order valence-corrected chi connectivity index (χ1v) is 7.83. The summed E-state index contributed by atoms with van der Waals surface area (Å²) in [5.41, 5.74) is 1.12. The average Bonchev–Trinajstić information content (AvgIpc) is 2.79. The van der Waals surface area contributed by atoms with Gasteiger partial charge in [-0.25, -0.2) is 4.98 Å². The number of nitrogens with zero attached hydrogens (tertiary/aromatic N) is 2. The minimum Gasteiger partial charge on any atom is -0.383 e. The second-order valence-corrected chi connectivity index (χ2v) is 6.27. The van der Waals surface area contributed by atoms with Crippen molar-refractivity contribution in [2.24, 2.45) is 5.92 Å². The van der Waals surface area contributed by atoms with Crippen molar-refractivity contribution in [3.63, 3.8) is 0 Å². The molecule has 1 aromatic heterocycles. The Labute approximate surface area is 121 Å². The van der Waals surface area contributed by atoms with Crippen LogP contribution >= 0.6 is 11.3 Å². The second-order valence-electron chi connectivity index (χ2n) is 5.43. The lowest BCUT2D eigenvalue weighted by Gasteiger charge is -2.27. The molecular weight excluding hydrogens is 258 g/mol. The number of rotatable bonds is 9. The van der Waals surface area contributed by atoms with Gasteiger partial charge in [0.25, 0.3) is 0 Å². The van der Waals surface area contributed by atoms with Crippen LogP contribution in [0.25, 0.3) is 0 Å². The van der Waals surface area contributed by atoms with Gasteiger partial charge in [-0.15, -0.1) is 11.3 Å². The monoisotopic (exact) mass is 285 g/mol. The highest BCUT2D eigenvalue weighted by Crippen LogP contribution is 2.23. The summed E-state index contributed by atoms with van der Waals surface area (Å²) in [4.78, 5) is 7.11. The van der Waals surface area contributed by atoms with Crippen molar-refractivity contribution in [1.29, 1.82) is 0 Å². The molecule has 5 heteroatoms. The second kappa shape index (κ2) is 8.51. The van der Waals surface area contributed by atoms with Crippen LogP contribution in [0.2, 0.25) is 0 Å². The molecule has 0 radical (unpaired) electrons. The average molecular weight is 285 g/mol. The Kier molecular flexibility index (Phi) is 7.34. The van der Waals surface area contributed by atoms with Crippen molar-refractivity contribution in [1.82, 2.24) is 10.3 Å². The lowest BCUT2D eigenvalue weighted by atomic mass is 10.2. The first-order chi connectivity index (χ1) is 9.04. The van der Waals surface area contributed by atoms with Gasteiger partial charge in [-0.2, -0.15) is 0 Å². The Morgan fingerprint density at radius 2 is 2.11 bits per heavy atom. The summed E-state index contributed by atoms with van der Waals surface area (Å²) < 4.78 is 5.01. The molecule has 110 valence electrons. The molecule has 0 spiro atoms. The molecule has 0 saturated heterocycles. The zero-order valence-corrected chi connectivity index (χ0v) is 13.6. The minimum atomic E-state index is 0.489. The Bertz CT molecular complexity index is 352. The van der Waals surface area contributed by atoms with Gasteiger partial charge in [0.2, 0.25) is 0 Å². The summed E-state index contributed by atoms with van der Waals surface area (Å²) >= 11 is 1.74. The van der Waals surface area contributed by atoms with Crippen LogP contribution < -0.4 is 10.2 Å². The van der Waals surface area contributed by atoms with E-state index in [1.54, 1.807) is 18.4 Å². The van der Waals surface area contributed by atoms with Gasteiger partial charge in [0, 0.05) is 38.2 Å². The summed E-state index contributed by atoms with van der Waals surface area (Å²) in [6.45, 7) is 12.4. The SMILES string of the molecule is COCCNCc1csc(N(CC(C)C)C(C)C)n1. The number of methoxy groups -OCH3 is 1. The van der Waals surface area contributed by atoms with Crippen molar-refractivity contribution in [2.75, 3.05) is 31.7 Å². The molecule has 0 aliphatic heterocycles. The summed E-state index contributed by atoms with van der Waals surface area (Å²) in [5.74, 6) is 0.648. The molecule has 0 aliphatic carbocycles. The van der Waals surface area contributed by atoms with Crippen molar-refractivity contribution < 1.29 is 4.74 Å². The fourth-order valence-corrected chi connectivity index (χ4v) is 2.77. The third-order valence-electron chi connectivity index (χ3n) is 2.76. The standard InChI is InChI=1S/C14H27N3OS/c1-11(2)9-17(12(3)4)14-16-13(10-19-14)8-15-6-7-18-5/h10-12,15H,6-9H2,1-5H3. The normalized spacial score (nSPS) is 11.5. The van der Waals surface area contributed by atoms with Gasteiger partial charge in [0.1, 0.15) is 0 Å². The first-order valence-electron chi connectivity index (χ1n) is 6.95. The molecular formula is C14H27N3OS. The molecule has 0 fully saturated rings.